The summed E-state index contributed by atoms with van der Waals surface area (Å²) in [4.78, 5) is 0. The van der Waals surface area contributed by atoms with E-state index in [4.69, 9.17) is 18.9 Å². The van der Waals surface area contributed by atoms with Crippen LogP contribution in [0, 0.1) is 5.92 Å². The molecule has 3 saturated heterocycles. The molecule has 3 aliphatic heterocycles. The highest BCUT2D eigenvalue weighted by Crippen LogP contribution is 2.34. The summed E-state index contributed by atoms with van der Waals surface area (Å²) in [7, 11) is 0. The Morgan fingerprint density at radius 2 is 1.78 bits per heavy atom. The summed E-state index contributed by atoms with van der Waals surface area (Å²) in [6, 6.07) is 10.0. The molecule has 0 saturated carbocycles. The van der Waals surface area contributed by atoms with Crippen LogP contribution < -0.4 is 0 Å². The van der Waals surface area contributed by atoms with E-state index >= 15 is 0 Å². The van der Waals surface area contributed by atoms with E-state index in [9.17, 15) is 0 Å². The van der Waals surface area contributed by atoms with Crippen LogP contribution in [0.25, 0.3) is 0 Å². The summed E-state index contributed by atoms with van der Waals surface area (Å²) in [5, 5.41) is 0. The Morgan fingerprint density at radius 3 is 2.39 bits per heavy atom. The third-order valence-electron chi connectivity index (χ3n) is 3.40. The van der Waals surface area contributed by atoms with Crippen molar-refractivity contribution < 1.29 is 18.9 Å². The molecule has 0 N–H and O–H groups in total. The second-order valence-corrected chi connectivity index (χ2v) is 4.84. The SMILES string of the molecule is CC(OCc1ccccc1)C12OCC(CO1)CO2. The van der Waals surface area contributed by atoms with Crippen molar-refractivity contribution in [2.45, 2.75) is 25.6 Å². The maximum Gasteiger partial charge on any atom is 0.310 e. The van der Waals surface area contributed by atoms with Crippen LogP contribution in [0.4, 0.5) is 0 Å². The molecular formula is C14H18O4. The molecule has 18 heavy (non-hydrogen) atoms. The quantitative estimate of drug-likeness (QED) is 0.818. The molecule has 0 spiro atoms. The van der Waals surface area contributed by atoms with E-state index in [0.29, 0.717) is 32.3 Å². The first-order chi connectivity index (χ1) is 8.78. The monoisotopic (exact) mass is 250 g/mol. The molecular weight excluding hydrogens is 232 g/mol. The number of ether oxygens (including phenoxy) is 4. The lowest BCUT2D eigenvalue weighted by molar-refractivity contribution is -0.474. The minimum atomic E-state index is -0.996. The van der Waals surface area contributed by atoms with Crippen molar-refractivity contribution in [1.82, 2.24) is 0 Å². The van der Waals surface area contributed by atoms with Gasteiger partial charge in [-0.3, -0.25) is 0 Å². The van der Waals surface area contributed by atoms with Gasteiger partial charge in [0.25, 0.3) is 0 Å². The fourth-order valence-corrected chi connectivity index (χ4v) is 2.22. The van der Waals surface area contributed by atoms with Crippen LogP contribution in [-0.2, 0) is 25.6 Å². The van der Waals surface area contributed by atoms with Crippen LogP contribution in [0.2, 0.25) is 0 Å². The Labute approximate surface area is 107 Å². The molecule has 1 unspecified atom stereocenters. The third-order valence-corrected chi connectivity index (χ3v) is 3.40. The van der Waals surface area contributed by atoms with Gasteiger partial charge in [0.2, 0.25) is 0 Å². The summed E-state index contributed by atoms with van der Waals surface area (Å²) >= 11 is 0. The number of benzene rings is 1. The molecule has 0 aromatic heterocycles. The molecule has 2 bridgehead atoms. The summed E-state index contributed by atoms with van der Waals surface area (Å²) in [6.45, 7) is 4.54. The van der Waals surface area contributed by atoms with Gasteiger partial charge in [-0.2, -0.15) is 0 Å². The Kier molecular flexibility index (Phi) is 3.35. The summed E-state index contributed by atoms with van der Waals surface area (Å²) < 4.78 is 22.7. The lowest BCUT2D eigenvalue weighted by atomic mass is 10.1. The molecule has 4 nitrogen and oxygen atoms in total. The third kappa shape index (κ3) is 2.29. The second-order valence-electron chi connectivity index (χ2n) is 4.84. The highest BCUT2D eigenvalue weighted by molar-refractivity contribution is 5.13. The van der Waals surface area contributed by atoms with Crippen molar-refractivity contribution in [1.29, 1.82) is 0 Å². The van der Waals surface area contributed by atoms with Crippen molar-refractivity contribution in [3.8, 4) is 0 Å². The molecule has 3 aliphatic rings. The van der Waals surface area contributed by atoms with Crippen molar-refractivity contribution in [2.75, 3.05) is 19.8 Å². The number of hydrogen-bond acceptors (Lipinski definition) is 4. The van der Waals surface area contributed by atoms with Gasteiger partial charge in [0, 0.05) is 5.92 Å². The van der Waals surface area contributed by atoms with E-state index in [1.807, 2.05) is 37.3 Å². The minimum absolute atomic E-state index is 0.251. The van der Waals surface area contributed by atoms with E-state index in [0.717, 1.165) is 5.56 Å². The van der Waals surface area contributed by atoms with E-state index < -0.39 is 5.97 Å². The first-order valence-corrected chi connectivity index (χ1v) is 6.36. The fourth-order valence-electron chi connectivity index (χ4n) is 2.22. The Hall–Kier alpha value is -0.940. The Morgan fingerprint density at radius 1 is 1.17 bits per heavy atom. The average molecular weight is 250 g/mol. The highest BCUT2D eigenvalue weighted by Gasteiger charge is 2.49. The lowest BCUT2D eigenvalue weighted by Crippen LogP contribution is -2.60. The molecule has 4 heteroatoms. The highest BCUT2D eigenvalue weighted by atomic mass is 16.9. The van der Waals surface area contributed by atoms with E-state index in [2.05, 4.69) is 0 Å². The van der Waals surface area contributed by atoms with Crippen LogP contribution in [0.3, 0.4) is 0 Å². The molecule has 4 rings (SSSR count). The van der Waals surface area contributed by atoms with Gasteiger partial charge in [-0.05, 0) is 12.5 Å². The van der Waals surface area contributed by atoms with Crippen LogP contribution in [0.5, 0.6) is 0 Å². The van der Waals surface area contributed by atoms with E-state index in [-0.39, 0.29) is 6.10 Å². The normalized spacial score (nSPS) is 32.4. The van der Waals surface area contributed by atoms with Crippen LogP contribution in [0.1, 0.15) is 12.5 Å². The van der Waals surface area contributed by atoms with Crippen LogP contribution >= 0.6 is 0 Å². The van der Waals surface area contributed by atoms with Crippen LogP contribution in [-0.4, -0.2) is 31.9 Å². The van der Waals surface area contributed by atoms with Crippen molar-refractivity contribution in [3.63, 3.8) is 0 Å². The van der Waals surface area contributed by atoms with Crippen LogP contribution in [0.15, 0.2) is 30.3 Å². The van der Waals surface area contributed by atoms with Gasteiger partial charge in [-0.1, -0.05) is 30.3 Å². The number of rotatable bonds is 4. The predicted octanol–water partition coefficient (Wildman–Crippen LogP) is 1.94. The Bertz CT molecular complexity index is 370. The zero-order valence-corrected chi connectivity index (χ0v) is 10.5. The summed E-state index contributed by atoms with van der Waals surface area (Å²) in [6.07, 6.45) is -0.251. The molecule has 0 radical (unpaired) electrons. The van der Waals surface area contributed by atoms with Crippen molar-refractivity contribution in [3.05, 3.63) is 35.9 Å². The van der Waals surface area contributed by atoms with Crippen molar-refractivity contribution >= 4 is 0 Å². The molecule has 3 heterocycles. The minimum Gasteiger partial charge on any atom is -0.365 e. The number of hydrogen-bond donors (Lipinski definition) is 0. The maximum absolute atomic E-state index is 5.81. The second kappa shape index (κ2) is 4.97. The topological polar surface area (TPSA) is 36.9 Å². The zero-order valence-electron chi connectivity index (χ0n) is 10.5. The summed E-state index contributed by atoms with van der Waals surface area (Å²) in [5.74, 6) is -0.628. The van der Waals surface area contributed by atoms with E-state index in [1.54, 1.807) is 0 Å². The van der Waals surface area contributed by atoms with Gasteiger partial charge in [0.15, 0.2) is 0 Å². The number of fused-ring (bicyclic) bond motifs is 3. The van der Waals surface area contributed by atoms with Gasteiger partial charge in [-0.25, -0.2) is 0 Å². The van der Waals surface area contributed by atoms with Gasteiger partial charge >= 0.3 is 5.97 Å². The molecule has 98 valence electrons. The molecule has 1 aromatic carbocycles. The predicted molar refractivity (Wildman–Crippen MR) is 64.8 cm³/mol. The van der Waals surface area contributed by atoms with Crippen molar-refractivity contribution in [2.24, 2.45) is 5.92 Å². The lowest BCUT2D eigenvalue weighted by Gasteiger charge is -2.47. The van der Waals surface area contributed by atoms with E-state index in [1.165, 1.54) is 0 Å². The smallest absolute Gasteiger partial charge is 0.310 e. The van der Waals surface area contributed by atoms with Gasteiger partial charge in [-0.15, -0.1) is 0 Å². The van der Waals surface area contributed by atoms with Gasteiger partial charge in [0.05, 0.1) is 26.4 Å². The first kappa shape index (κ1) is 12.1. The fraction of sp³-hybridized carbons (Fsp3) is 0.571. The molecule has 0 aliphatic carbocycles. The molecule has 0 amide bonds. The zero-order chi connectivity index (χ0) is 12.4. The largest absolute Gasteiger partial charge is 0.365 e. The first-order valence-electron chi connectivity index (χ1n) is 6.36. The average Bonchev–Trinajstić information content (AvgIpc) is 2.48. The van der Waals surface area contributed by atoms with Gasteiger partial charge < -0.3 is 18.9 Å². The van der Waals surface area contributed by atoms with Gasteiger partial charge in [0.1, 0.15) is 6.10 Å². The molecule has 1 aromatic rings. The molecule has 3 fully saturated rings. The standard InChI is InChI=1S/C14H18O4/c1-11(15-7-12-5-3-2-4-6-12)14-16-8-13(9-17-14)10-18-14/h2-6,11,13H,7-10H2,1H3. The molecule has 1 atom stereocenters. The maximum atomic E-state index is 5.81. The Balaban J connectivity index is 1.59. The summed E-state index contributed by atoms with van der Waals surface area (Å²) in [5.41, 5.74) is 1.13.